The van der Waals surface area contributed by atoms with Crippen LogP contribution < -0.4 is 5.32 Å². The van der Waals surface area contributed by atoms with E-state index in [0.29, 0.717) is 0 Å². The van der Waals surface area contributed by atoms with Gasteiger partial charge in [-0.05, 0) is 26.8 Å². The van der Waals surface area contributed by atoms with E-state index in [1.807, 2.05) is 0 Å². The first-order valence-electron chi connectivity index (χ1n) is 6.87. The minimum atomic E-state index is -4.95. The van der Waals surface area contributed by atoms with Crippen molar-refractivity contribution in [2.24, 2.45) is 0 Å². The van der Waals surface area contributed by atoms with Crippen molar-refractivity contribution in [1.82, 2.24) is 4.98 Å². The molecule has 6 nitrogen and oxygen atoms in total. The maximum absolute atomic E-state index is 13.4. The van der Waals surface area contributed by atoms with Crippen LogP contribution in [0.2, 0.25) is 5.02 Å². The van der Waals surface area contributed by atoms with Gasteiger partial charge < -0.3 is 9.47 Å². The normalized spacial score (nSPS) is 12.6. The molecule has 138 valence electrons. The summed E-state index contributed by atoms with van der Waals surface area (Å²) in [6.07, 6.45) is -4.65. The summed E-state index contributed by atoms with van der Waals surface area (Å²) in [7, 11) is 0.928. The van der Waals surface area contributed by atoms with Gasteiger partial charge in [0.25, 0.3) is 0 Å². The fourth-order valence-corrected chi connectivity index (χ4v) is 1.91. The molecule has 1 N–H and O–H groups in total. The average Bonchev–Trinajstić information content (AvgIpc) is 2.42. The maximum Gasteiger partial charge on any atom is 0.417 e. The van der Waals surface area contributed by atoms with E-state index < -0.39 is 40.8 Å². The molecule has 1 amide bonds. The van der Waals surface area contributed by atoms with Gasteiger partial charge in [-0.3, -0.25) is 5.32 Å². The van der Waals surface area contributed by atoms with Crippen molar-refractivity contribution in [3.05, 3.63) is 28.9 Å². The Kier molecular flexibility index (Phi) is 6.42. The molecule has 10 heteroatoms. The van der Waals surface area contributed by atoms with Crippen molar-refractivity contribution in [2.75, 3.05) is 12.4 Å². The Morgan fingerprint density at radius 2 is 1.88 bits per heavy atom. The highest BCUT2D eigenvalue weighted by Gasteiger charge is 2.38. The molecule has 25 heavy (non-hydrogen) atoms. The number of hydrogen-bond acceptors (Lipinski definition) is 5. The number of pyridine rings is 1. The number of anilines is 1. The summed E-state index contributed by atoms with van der Waals surface area (Å²) in [4.78, 5) is 26.8. The van der Waals surface area contributed by atoms with E-state index in [2.05, 4.69) is 15.0 Å². The topological polar surface area (TPSA) is 77.5 Å². The first-order valence-corrected chi connectivity index (χ1v) is 7.24. The lowest BCUT2D eigenvalue weighted by atomic mass is 10.1. The van der Waals surface area contributed by atoms with Crippen LogP contribution in [0.15, 0.2) is 18.3 Å². The summed E-state index contributed by atoms with van der Waals surface area (Å²) in [5, 5.41) is 1.73. The maximum atomic E-state index is 13.4. The number of carbonyl (C=O) groups is 2. The van der Waals surface area contributed by atoms with Crippen molar-refractivity contribution in [2.45, 2.75) is 32.5 Å². The van der Waals surface area contributed by atoms with Gasteiger partial charge in [0.15, 0.2) is 0 Å². The summed E-state index contributed by atoms with van der Waals surface area (Å²) in [6.45, 7) is 4.74. The number of aromatic nitrogens is 1. The predicted molar refractivity (Wildman–Crippen MR) is 85.2 cm³/mol. The van der Waals surface area contributed by atoms with Crippen molar-refractivity contribution in [1.29, 1.82) is 0 Å². The zero-order chi connectivity index (χ0) is 19.4. The van der Waals surface area contributed by atoms with Crippen LogP contribution in [0.4, 0.5) is 23.8 Å². The minimum absolute atomic E-state index is 0.225. The van der Waals surface area contributed by atoms with Gasteiger partial charge in [-0.2, -0.15) is 13.2 Å². The Hall–Kier alpha value is -2.29. The Morgan fingerprint density at radius 3 is 2.36 bits per heavy atom. The number of amides is 1. The number of allylic oxidation sites excluding steroid dienone is 1. The second-order valence-electron chi connectivity index (χ2n) is 5.72. The van der Waals surface area contributed by atoms with Gasteiger partial charge in [-0.15, -0.1) is 0 Å². The number of hydrogen-bond donors (Lipinski definition) is 1. The second-order valence-corrected chi connectivity index (χ2v) is 6.13. The highest BCUT2D eigenvalue weighted by molar-refractivity contribution is 6.33. The second kappa shape index (κ2) is 7.73. The van der Waals surface area contributed by atoms with Crippen molar-refractivity contribution < 1.29 is 32.2 Å². The molecule has 1 aromatic rings. The Balaban J connectivity index is 3.41. The number of methoxy groups -OCH3 is 1. The molecule has 0 radical (unpaired) electrons. The molecule has 0 aliphatic heterocycles. The molecular weight excluding hydrogens is 365 g/mol. The van der Waals surface area contributed by atoms with E-state index in [0.717, 1.165) is 19.4 Å². The highest BCUT2D eigenvalue weighted by atomic mass is 35.5. The molecule has 0 saturated carbocycles. The molecule has 0 unspecified atom stereocenters. The van der Waals surface area contributed by atoms with E-state index in [1.54, 1.807) is 20.8 Å². The van der Waals surface area contributed by atoms with Crippen LogP contribution in [0, 0.1) is 0 Å². The fraction of sp³-hybridized carbons (Fsp3) is 0.400. The number of rotatable bonds is 3. The van der Waals surface area contributed by atoms with E-state index in [4.69, 9.17) is 16.3 Å². The number of carbonyl (C=O) groups excluding carboxylic acids is 2. The first-order chi connectivity index (χ1) is 11.3. The van der Waals surface area contributed by atoms with Gasteiger partial charge in [-0.25, -0.2) is 14.6 Å². The monoisotopic (exact) mass is 380 g/mol. The molecular formula is C15H16ClF3N2O4. The third-order valence-electron chi connectivity index (χ3n) is 2.56. The van der Waals surface area contributed by atoms with E-state index in [9.17, 15) is 22.8 Å². The zero-order valence-electron chi connectivity index (χ0n) is 13.8. The Morgan fingerprint density at radius 1 is 1.28 bits per heavy atom. The summed E-state index contributed by atoms with van der Waals surface area (Å²) >= 11 is 5.85. The molecule has 0 saturated heterocycles. The van der Waals surface area contributed by atoms with Gasteiger partial charge in [0.2, 0.25) is 0 Å². The quantitative estimate of drug-likeness (QED) is 0.628. The third kappa shape index (κ3) is 6.26. The van der Waals surface area contributed by atoms with Gasteiger partial charge in [0.05, 0.1) is 17.7 Å². The lowest BCUT2D eigenvalue weighted by molar-refractivity contribution is -0.135. The van der Waals surface area contributed by atoms with Crippen LogP contribution in [-0.4, -0.2) is 35.9 Å². The zero-order valence-corrected chi connectivity index (χ0v) is 14.6. The predicted octanol–water partition coefficient (Wildman–Crippen LogP) is 4.20. The van der Waals surface area contributed by atoms with Crippen molar-refractivity contribution >= 4 is 35.1 Å². The molecule has 0 spiro atoms. The van der Waals surface area contributed by atoms with Gasteiger partial charge in [0.1, 0.15) is 11.4 Å². The first kappa shape index (κ1) is 20.8. The molecule has 0 aliphatic rings. The molecule has 1 rings (SSSR count). The molecule has 0 bridgehead atoms. The van der Waals surface area contributed by atoms with Crippen LogP contribution >= 0.6 is 11.6 Å². The number of nitrogens with zero attached hydrogens (tertiary/aromatic N) is 1. The van der Waals surface area contributed by atoms with Crippen LogP contribution in [0.5, 0.6) is 0 Å². The number of nitrogens with one attached hydrogen (secondary N) is 1. The van der Waals surface area contributed by atoms with Crippen molar-refractivity contribution in [3.63, 3.8) is 0 Å². The number of ether oxygens (including phenoxy) is 2. The number of halogens is 4. The van der Waals surface area contributed by atoms with E-state index in [1.165, 1.54) is 0 Å². The SMILES string of the molecule is COC(=O)/C=C(/c1c(Cl)ccnc1NC(=O)OC(C)(C)C)C(F)(F)F. The molecule has 0 fully saturated rings. The van der Waals surface area contributed by atoms with Crippen LogP contribution in [-0.2, 0) is 14.3 Å². The van der Waals surface area contributed by atoms with Crippen LogP contribution in [0.1, 0.15) is 26.3 Å². The minimum Gasteiger partial charge on any atom is -0.466 e. The third-order valence-corrected chi connectivity index (χ3v) is 2.87. The van der Waals surface area contributed by atoms with E-state index in [-0.39, 0.29) is 11.1 Å². The molecule has 0 aromatic carbocycles. The summed E-state index contributed by atoms with van der Waals surface area (Å²) in [6, 6.07) is 1.09. The number of alkyl halides is 3. The molecule has 1 aromatic heterocycles. The highest BCUT2D eigenvalue weighted by Crippen LogP contribution is 2.40. The summed E-state index contributed by atoms with van der Waals surface area (Å²) in [5.41, 5.74) is -2.96. The lowest BCUT2D eigenvalue weighted by Gasteiger charge is -2.21. The van der Waals surface area contributed by atoms with Gasteiger partial charge >= 0.3 is 18.2 Å². The standard InChI is InChI=1S/C15H16ClF3N2O4/c1-14(2,3)25-13(23)21-12-11(9(16)5-6-20-12)8(15(17,18)19)7-10(22)24-4/h5-7H,1-4H3,(H,20,21,23)/b8-7-. The molecule has 1 heterocycles. The van der Waals surface area contributed by atoms with Gasteiger partial charge in [-0.1, -0.05) is 11.6 Å². The summed E-state index contributed by atoms with van der Waals surface area (Å²) < 4.78 is 49.3. The van der Waals surface area contributed by atoms with E-state index >= 15 is 0 Å². The van der Waals surface area contributed by atoms with Crippen LogP contribution in [0.3, 0.4) is 0 Å². The number of esters is 1. The smallest absolute Gasteiger partial charge is 0.417 e. The average molecular weight is 381 g/mol. The summed E-state index contributed by atoms with van der Waals surface area (Å²) in [5.74, 6) is -1.75. The molecule has 0 aliphatic carbocycles. The van der Waals surface area contributed by atoms with Gasteiger partial charge in [0, 0.05) is 17.8 Å². The largest absolute Gasteiger partial charge is 0.466 e. The van der Waals surface area contributed by atoms with Crippen molar-refractivity contribution in [3.8, 4) is 0 Å². The molecule has 0 atom stereocenters. The Bertz CT molecular complexity index is 697. The lowest BCUT2D eigenvalue weighted by Crippen LogP contribution is -2.28. The fourth-order valence-electron chi connectivity index (χ4n) is 1.66. The van der Waals surface area contributed by atoms with Crippen LogP contribution in [0.25, 0.3) is 5.57 Å². The Labute approximate surface area is 147 Å².